The van der Waals surface area contributed by atoms with E-state index in [2.05, 4.69) is 4.84 Å². The van der Waals surface area contributed by atoms with Crippen molar-refractivity contribution in [3.05, 3.63) is 10.1 Å². The van der Waals surface area contributed by atoms with Crippen molar-refractivity contribution in [3.8, 4) is 0 Å². The number of hydrogen-bond donors (Lipinski definition) is 1. The van der Waals surface area contributed by atoms with Gasteiger partial charge in [-0.15, -0.1) is 10.1 Å². The lowest BCUT2D eigenvalue weighted by atomic mass is 11.6. The molecule has 3 N–H and O–H groups in total. The highest BCUT2D eigenvalue weighted by molar-refractivity contribution is 5.35. The second-order valence-corrected chi connectivity index (χ2v) is 0.425. The first-order chi connectivity index (χ1) is 2.77. The van der Waals surface area contributed by atoms with Gasteiger partial charge < -0.3 is 6.15 Å². The summed E-state index contributed by atoms with van der Waals surface area (Å²) < 4.78 is 0. The normalized spacial score (nSPS) is 5.71. The van der Waals surface area contributed by atoms with Crippen molar-refractivity contribution in [2.24, 2.45) is 0 Å². The van der Waals surface area contributed by atoms with Gasteiger partial charge in [-0.25, -0.2) is 4.84 Å². The van der Waals surface area contributed by atoms with Gasteiger partial charge in [0.05, 0.1) is 0 Å². The highest BCUT2D eigenvalue weighted by Crippen LogP contribution is 1.60. The quantitative estimate of drug-likeness (QED) is 0.292. The van der Waals surface area contributed by atoms with Crippen LogP contribution in [0.3, 0.4) is 0 Å². The van der Waals surface area contributed by atoms with Crippen molar-refractivity contribution in [1.82, 2.24) is 6.15 Å². The summed E-state index contributed by atoms with van der Waals surface area (Å²) in [7, 11) is 0. The van der Waals surface area contributed by atoms with Crippen molar-refractivity contribution >= 4 is 6.47 Å². The Labute approximate surface area is 38.8 Å². The molecule has 42 valence electrons. The number of carbonyl (C=O) groups is 1. The molecule has 0 radical (unpaired) electrons. The Morgan fingerprint density at radius 3 is 2.14 bits per heavy atom. The van der Waals surface area contributed by atoms with E-state index in [-0.39, 0.29) is 12.6 Å². The third kappa shape index (κ3) is 11.6. The van der Waals surface area contributed by atoms with E-state index in [1.54, 1.807) is 0 Å². The van der Waals surface area contributed by atoms with Gasteiger partial charge in [-0.1, -0.05) is 0 Å². The van der Waals surface area contributed by atoms with Crippen LogP contribution in [0.4, 0.5) is 0 Å². The average molecular weight is 108 g/mol. The van der Waals surface area contributed by atoms with Crippen LogP contribution in [0.15, 0.2) is 0 Å². The zero-order valence-electron chi connectivity index (χ0n) is 3.36. The number of nitrogens with zero attached hydrogens (tertiary/aromatic N) is 1. The van der Waals surface area contributed by atoms with E-state index in [1.807, 2.05) is 0 Å². The van der Waals surface area contributed by atoms with E-state index in [0.717, 1.165) is 0 Å². The molecule has 0 aromatic rings. The molecular formula is CH4N2O4. The molecule has 0 rings (SSSR count). The lowest BCUT2D eigenvalue weighted by Gasteiger charge is -1.73. The zero-order valence-corrected chi connectivity index (χ0v) is 3.36. The Balaban J connectivity index is 0. The molecule has 6 heteroatoms. The molecule has 6 nitrogen and oxygen atoms in total. The molecule has 0 aliphatic heterocycles. The van der Waals surface area contributed by atoms with Crippen LogP contribution < -0.4 is 6.15 Å². The predicted octanol–water partition coefficient (Wildman–Crippen LogP) is -0.487. The van der Waals surface area contributed by atoms with Crippen LogP contribution in [-0.2, 0) is 9.63 Å². The maximum Gasteiger partial charge on any atom is 0.302 e. The summed E-state index contributed by atoms with van der Waals surface area (Å²) in [5.41, 5.74) is 0. The lowest BCUT2D eigenvalue weighted by molar-refractivity contribution is -0.726. The molecule has 0 aliphatic carbocycles. The van der Waals surface area contributed by atoms with Crippen LogP contribution >= 0.6 is 0 Å². The monoisotopic (exact) mass is 108 g/mol. The summed E-state index contributed by atoms with van der Waals surface area (Å²) in [6.45, 7) is -0.250. The molecule has 0 spiro atoms. The number of hydrogen-bond acceptors (Lipinski definition) is 5. The molecule has 0 heterocycles. The molecule has 0 fully saturated rings. The van der Waals surface area contributed by atoms with Crippen LogP contribution in [0.25, 0.3) is 0 Å². The largest absolute Gasteiger partial charge is 0.344 e. The van der Waals surface area contributed by atoms with E-state index in [1.165, 1.54) is 0 Å². The topological polar surface area (TPSA) is 104 Å². The Hall–Kier alpha value is -1.17. The Morgan fingerprint density at radius 2 is 2.14 bits per heavy atom. The van der Waals surface area contributed by atoms with Gasteiger partial charge in [0.1, 0.15) is 0 Å². The molecule has 0 bridgehead atoms. The Bertz CT molecular complexity index is 70.1. The van der Waals surface area contributed by atoms with Gasteiger partial charge in [0.2, 0.25) is 0 Å². The summed E-state index contributed by atoms with van der Waals surface area (Å²) in [5, 5.41) is 7.76. The van der Waals surface area contributed by atoms with E-state index < -0.39 is 5.09 Å². The van der Waals surface area contributed by atoms with Crippen LogP contribution in [0.1, 0.15) is 0 Å². The third-order valence-corrected chi connectivity index (χ3v) is 0.129. The van der Waals surface area contributed by atoms with Crippen molar-refractivity contribution in [1.29, 1.82) is 0 Å². The molecule has 0 atom stereocenters. The fraction of sp³-hybridized carbons (Fsp3) is 0. The molecule has 0 aromatic carbocycles. The summed E-state index contributed by atoms with van der Waals surface area (Å²) >= 11 is 0. The first-order valence-corrected chi connectivity index (χ1v) is 1.02. The van der Waals surface area contributed by atoms with Gasteiger partial charge in [0, 0.05) is 0 Å². The van der Waals surface area contributed by atoms with Gasteiger partial charge in [-0.3, -0.25) is 4.79 Å². The molecule has 0 amide bonds. The fourth-order valence-electron chi connectivity index (χ4n) is 0.0351. The summed E-state index contributed by atoms with van der Waals surface area (Å²) in [6.07, 6.45) is 0. The van der Waals surface area contributed by atoms with E-state index in [4.69, 9.17) is 14.9 Å². The van der Waals surface area contributed by atoms with Crippen LogP contribution in [-0.4, -0.2) is 11.6 Å². The third-order valence-electron chi connectivity index (χ3n) is 0.129. The van der Waals surface area contributed by atoms with Crippen molar-refractivity contribution in [2.75, 3.05) is 0 Å². The second-order valence-electron chi connectivity index (χ2n) is 0.425. The van der Waals surface area contributed by atoms with Gasteiger partial charge in [-0.05, 0) is 0 Å². The lowest BCUT2D eigenvalue weighted by Crippen LogP contribution is -1.95. The first kappa shape index (κ1) is 9.27. The van der Waals surface area contributed by atoms with Crippen LogP contribution in [0.5, 0.6) is 0 Å². The van der Waals surface area contributed by atoms with E-state index in [9.17, 15) is 0 Å². The number of carbonyl (C=O) groups excluding carboxylic acids is 1. The minimum atomic E-state index is -1.19. The standard InChI is InChI=1S/CHNO4.H3N/c3-1-6-2(4)5;/h1H;1H3. The van der Waals surface area contributed by atoms with E-state index >= 15 is 0 Å². The Kier molecular flexibility index (Phi) is 6.40. The molecular weight excluding hydrogens is 104 g/mol. The highest BCUT2D eigenvalue weighted by atomic mass is 17.0. The number of rotatable bonds is 2. The minimum Gasteiger partial charge on any atom is -0.344 e. The Morgan fingerprint density at radius 1 is 1.71 bits per heavy atom. The zero-order chi connectivity index (χ0) is 4.99. The average Bonchev–Trinajstić information content (AvgIpc) is 1.35. The van der Waals surface area contributed by atoms with Gasteiger partial charge in [-0.2, -0.15) is 0 Å². The summed E-state index contributed by atoms with van der Waals surface area (Å²) in [5.74, 6) is 0. The van der Waals surface area contributed by atoms with Crippen molar-refractivity contribution < 1.29 is 14.7 Å². The molecule has 0 aliphatic rings. The predicted molar refractivity (Wildman–Crippen MR) is 19.2 cm³/mol. The summed E-state index contributed by atoms with van der Waals surface area (Å²) in [4.78, 5) is 21.0. The van der Waals surface area contributed by atoms with Gasteiger partial charge in [0.15, 0.2) is 0 Å². The SMILES string of the molecule is N.O=CO[N+](=O)[O-]. The van der Waals surface area contributed by atoms with Crippen LogP contribution in [0, 0.1) is 10.1 Å². The highest BCUT2D eigenvalue weighted by Gasteiger charge is 1.84. The van der Waals surface area contributed by atoms with Gasteiger partial charge >= 0.3 is 5.09 Å². The van der Waals surface area contributed by atoms with E-state index in [0.29, 0.717) is 0 Å². The molecule has 0 aromatic heterocycles. The fourth-order valence-corrected chi connectivity index (χ4v) is 0.0351. The maximum atomic E-state index is 8.95. The first-order valence-electron chi connectivity index (χ1n) is 1.02. The van der Waals surface area contributed by atoms with Crippen molar-refractivity contribution in [3.63, 3.8) is 0 Å². The maximum absolute atomic E-state index is 8.95. The van der Waals surface area contributed by atoms with Crippen molar-refractivity contribution in [2.45, 2.75) is 0 Å². The summed E-state index contributed by atoms with van der Waals surface area (Å²) in [6, 6.07) is 0. The second kappa shape index (κ2) is 4.83. The molecule has 0 unspecified atom stereocenters. The molecule has 7 heavy (non-hydrogen) atoms. The molecule has 0 saturated heterocycles. The smallest absolute Gasteiger partial charge is 0.302 e. The van der Waals surface area contributed by atoms with Crippen LogP contribution in [0.2, 0.25) is 0 Å². The van der Waals surface area contributed by atoms with Gasteiger partial charge in [0.25, 0.3) is 6.47 Å². The minimum absolute atomic E-state index is 0. The molecule has 0 saturated carbocycles.